The van der Waals surface area contributed by atoms with Crippen LogP contribution in [0.2, 0.25) is 0 Å². The highest BCUT2D eigenvalue weighted by Crippen LogP contribution is 2.13. The van der Waals surface area contributed by atoms with Gasteiger partial charge in [0.1, 0.15) is 11.5 Å². The van der Waals surface area contributed by atoms with E-state index in [9.17, 15) is 9.18 Å². The zero-order valence-electron chi connectivity index (χ0n) is 12.9. The fourth-order valence-electron chi connectivity index (χ4n) is 2.28. The van der Waals surface area contributed by atoms with Crippen LogP contribution in [-0.4, -0.2) is 15.9 Å². The fourth-order valence-corrected chi connectivity index (χ4v) is 2.28. The van der Waals surface area contributed by atoms with Crippen LogP contribution < -0.4 is 5.43 Å². The number of aromatic nitrogens is 1. The molecule has 1 aromatic heterocycles. The van der Waals surface area contributed by atoms with Gasteiger partial charge in [-0.05, 0) is 42.0 Å². The lowest BCUT2D eigenvalue weighted by Crippen LogP contribution is -2.36. The number of rotatable bonds is 5. The quantitative estimate of drug-likeness (QED) is 0.725. The number of hydrogen-bond acceptors (Lipinski definition) is 3. The Hall–Kier alpha value is -3.21. The Labute approximate surface area is 139 Å². The maximum absolute atomic E-state index is 13.4. The van der Waals surface area contributed by atoms with E-state index in [0.29, 0.717) is 11.3 Å². The van der Waals surface area contributed by atoms with Crippen molar-refractivity contribution >= 4 is 11.6 Å². The minimum atomic E-state index is -0.336. The summed E-state index contributed by atoms with van der Waals surface area (Å²) in [6.45, 7) is 0.210. The van der Waals surface area contributed by atoms with Crippen molar-refractivity contribution in [1.82, 2.24) is 9.99 Å². The number of anilines is 1. The van der Waals surface area contributed by atoms with Gasteiger partial charge in [0.25, 0.3) is 5.91 Å². The third-order valence-electron chi connectivity index (χ3n) is 3.40. The lowest BCUT2D eigenvalue weighted by molar-refractivity contribution is 0.0777. The summed E-state index contributed by atoms with van der Waals surface area (Å²) < 4.78 is 13.4. The number of carbonyl (C=O) groups excluding carboxylic acids is 1. The summed E-state index contributed by atoms with van der Waals surface area (Å²) in [5.74, 6) is -0.624. The minimum absolute atomic E-state index is 0.210. The highest BCUT2D eigenvalue weighted by molar-refractivity contribution is 5.93. The van der Waals surface area contributed by atoms with Gasteiger partial charge in [-0.1, -0.05) is 36.4 Å². The van der Waals surface area contributed by atoms with Gasteiger partial charge in [0.15, 0.2) is 0 Å². The molecule has 3 rings (SSSR count). The van der Waals surface area contributed by atoms with E-state index < -0.39 is 0 Å². The molecule has 0 aliphatic rings. The van der Waals surface area contributed by atoms with Crippen LogP contribution in [0.3, 0.4) is 0 Å². The second kappa shape index (κ2) is 7.37. The Kier molecular flexibility index (Phi) is 4.81. The van der Waals surface area contributed by atoms with E-state index in [2.05, 4.69) is 10.4 Å². The molecule has 0 bridgehead atoms. The number of amides is 1. The van der Waals surface area contributed by atoms with Crippen molar-refractivity contribution < 1.29 is 9.18 Å². The first kappa shape index (κ1) is 15.7. The Morgan fingerprint density at radius 3 is 2.50 bits per heavy atom. The molecule has 0 radical (unpaired) electrons. The highest BCUT2D eigenvalue weighted by Gasteiger charge is 2.17. The van der Waals surface area contributed by atoms with Gasteiger partial charge in [0, 0.05) is 6.20 Å². The van der Waals surface area contributed by atoms with Crippen LogP contribution in [0.25, 0.3) is 0 Å². The average molecular weight is 321 g/mol. The topological polar surface area (TPSA) is 45.2 Å². The average Bonchev–Trinajstić information content (AvgIpc) is 2.62. The van der Waals surface area contributed by atoms with E-state index in [1.54, 1.807) is 36.5 Å². The number of benzene rings is 2. The molecule has 24 heavy (non-hydrogen) atoms. The molecule has 1 amide bonds. The molecule has 0 unspecified atom stereocenters. The summed E-state index contributed by atoms with van der Waals surface area (Å²) >= 11 is 0. The van der Waals surface area contributed by atoms with E-state index in [0.717, 1.165) is 5.69 Å². The maximum atomic E-state index is 13.4. The van der Waals surface area contributed by atoms with Gasteiger partial charge in [-0.15, -0.1) is 0 Å². The Balaban J connectivity index is 1.87. The van der Waals surface area contributed by atoms with E-state index in [1.165, 1.54) is 17.1 Å². The Morgan fingerprint density at radius 2 is 1.79 bits per heavy atom. The van der Waals surface area contributed by atoms with E-state index in [1.807, 2.05) is 30.3 Å². The molecule has 0 saturated carbocycles. The number of nitrogens with zero attached hydrogens (tertiary/aromatic N) is 2. The smallest absolute Gasteiger partial charge is 0.291 e. The number of para-hydroxylation sites is 1. The Bertz CT molecular complexity index is 809. The zero-order valence-corrected chi connectivity index (χ0v) is 12.9. The molecule has 0 atom stereocenters. The van der Waals surface area contributed by atoms with Gasteiger partial charge < -0.3 is 0 Å². The zero-order chi connectivity index (χ0) is 16.8. The lowest BCUT2D eigenvalue weighted by Gasteiger charge is -2.24. The second-order valence-corrected chi connectivity index (χ2v) is 5.21. The Morgan fingerprint density at radius 1 is 1.00 bits per heavy atom. The minimum Gasteiger partial charge on any atom is -0.295 e. The summed E-state index contributed by atoms with van der Waals surface area (Å²) in [6.07, 6.45) is 1.57. The van der Waals surface area contributed by atoms with Gasteiger partial charge in [0.2, 0.25) is 0 Å². The molecule has 3 aromatic rings. The van der Waals surface area contributed by atoms with Gasteiger partial charge in [-0.25, -0.2) is 9.40 Å². The fraction of sp³-hybridized carbons (Fsp3) is 0.0526. The van der Waals surface area contributed by atoms with E-state index in [4.69, 9.17) is 0 Å². The van der Waals surface area contributed by atoms with Crippen molar-refractivity contribution in [3.63, 3.8) is 0 Å². The molecule has 5 heteroatoms. The number of hydrazine groups is 1. The summed E-state index contributed by atoms with van der Waals surface area (Å²) in [6, 6.07) is 20.7. The maximum Gasteiger partial charge on any atom is 0.291 e. The molecule has 0 fully saturated rings. The van der Waals surface area contributed by atoms with E-state index in [-0.39, 0.29) is 18.3 Å². The first-order chi connectivity index (χ1) is 11.7. The molecule has 2 aromatic carbocycles. The molecule has 0 aliphatic carbocycles. The van der Waals surface area contributed by atoms with Crippen LogP contribution >= 0.6 is 0 Å². The molecule has 0 spiro atoms. The summed E-state index contributed by atoms with van der Waals surface area (Å²) in [5.41, 5.74) is 4.83. The molecular formula is C19H16FN3O. The summed E-state index contributed by atoms with van der Waals surface area (Å²) in [5, 5.41) is 1.42. The van der Waals surface area contributed by atoms with Crippen LogP contribution in [0.4, 0.5) is 10.1 Å². The highest BCUT2D eigenvalue weighted by atomic mass is 19.1. The molecular weight excluding hydrogens is 305 g/mol. The van der Waals surface area contributed by atoms with Gasteiger partial charge >= 0.3 is 0 Å². The molecule has 4 nitrogen and oxygen atoms in total. The third-order valence-corrected chi connectivity index (χ3v) is 3.40. The van der Waals surface area contributed by atoms with Crippen molar-refractivity contribution in [3.8, 4) is 0 Å². The van der Waals surface area contributed by atoms with E-state index >= 15 is 0 Å². The number of pyridine rings is 1. The number of hydrogen-bond donors (Lipinski definition) is 1. The lowest BCUT2D eigenvalue weighted by atomic mass is 10.2. The van der Waals surface area contributed by atoms with Crippen molar-refractivity contribution in [2.24, 2.45) is 0 Å². The van der Waals surface area contributed by atoms with Crippen LogP contribution in [0, 0.1) is 5.82 Å². The van der Waals surface area contributed by atoms with Crippen LogP contribution in [0.1, 0.15) is 16.1 Å². The number of halogens is 1. The van der Waals surface area contributed by atoms with Gasteiger partial charge in [0.05, 0.1) is 12.2 Å². The predicted molar refractivity (Wildman–Crippen MR) is 90.6 cm³/mol. The SMILES string of the molecule is O=C(c1ccccn1)N(Cc1cccc(F)c1)Nc1ccccc1. The molecule has 1 heterocycles. The van der Waals surface area contributed by atoms with Crippen LogP contribution in [-0.2, 0) is 6.54 Å². The van der Waals surface area contributed by atoms with Crippen molar-refractivity contribution in [2.45, 2.75) is 6.54 Å². The second-order valence-electron chi connectivity index (χ2n) is 5.21. The molecule has 0 aliphatic heterocycles. The first-order valence-electron chi connectivity index (χ1n) is 7.51. The third kappa shape index (κ3) is 3.95. The van der Waals surface area contributed by atoms with Gasteiger partial charge in [-0.3, -0.25) is 15.2 Å². The van der Waals surface area contributed by atoms with Crippen molar-refractivity contribution in [3.05, 3.63) is 96.1 Å². The monoisotopic (exact) mass is 321 g/mol. The van der Waals surface area contributed by atoms with Crippen LogP contribution in [0.5, 0.6) is 0 Å². The standard InChI is InChI=1S/C19H16FN3O/c20-16-8-6-7-15(13-16)14-23(22-17-9-2-1-3-10-17)19(24)18-11-4-5-12-21-18/h1-13,22H,14H2. The summed E-state index contributed by atoms with van der Waals surface area (Å²) in [4.78, 5) is 16.8. The molecule has 1 N–H and O–H groups in total. The van der Waals surface area contributed by atoms with Crippen LogP contribution in [0.15, 0.2) is 79.0 Å². The largest absolute Gasteiger partial charge is 0.295 e. The first-order valence-corrected chi connectivity index (χ1v) is 7.51. The van der Waals surface area contributed by atoms with Crippen molar-refractivity contribution in [1.29, 1.82) is 0 Å². The normalized spacial score (nSPS) is 10.2. The van der Waals surface area contributed by atoms with Gasteiger partial charge in [-0.2, -0.15) is 0 Å². The number of nitrogens with one attached hydrogen (secondary N) is 1. The van der Waals surface area contributed by atoms with Crippen molar-refractivity contribution in [2.75, 3.05) is 5.43 Å². The summed E-state index contributed by atoms with van der Waals surface area (Å²) in [7, 11) is 0. The number of carbonyl (C=O) groups is 1. The molecule has 120 valence electrons. The predicted octanol–water partition coefficient (Wildman–Crippen LogP) is 3.89. The molecule has 0 saturated heterocycles.